The van der Waals surface area contributed by atoms with Crippen molar-refractivity contribution in [2.75, 3.05) is 6.61 Å². The first-order valence-corrected chi connectivity index (χ1v) is 10.6. The summed E-state index contributed by atoms with van der Waals surface area (Å²) in [5.41, 5.74) is 5.83. The molecule has 0 aliphatic rings. The maximum absolute atomic E-state index is 8.86. The Bertz CT molecular complexity index is 474. The lowest BCUT2D eigenvalue weighted by atomic mass is 10.0. The summed E-state index contributed by atoms with van der Waals surface area (Å²) in [7, 11) is 0. The molecule has 150 valence electrons. The van der Waals surface area contributed by atoms with Gasteiger partial charge in [-0.2, -0.15) is 0 Å². The lowest BCUT2D eigenvalue weighted by Gasteiger charge is -2.05. The van der Waals surface area contributed by atoms with Crippen molar-refractivity contribution in [2.24, 2.45) is 5.92 Å². The van der Waals surface area contributed by atoms with Crippen LogP contribution in [0.4, 0.5) is 0 Å². The van der Waals surface area contributed by atoms with Gasteiger partial charge in [-0.25, -0.2) is 0 Å². The highest BCUT2D eigenvalue weighted by molar-refractivity contribution is 5.07. The third-order valence-corrected chi connectivity index (χ3v) is 4.89. The molecule has 1 N–H and O–H groups in total. The number of hydrogen-bond donors (Lipinski definition) is 1. The predicted octanol–water partition coefficient (Wildman–Crippen LogP) is 7.93. The van der Waals surface area contributed by atoms with E-state index in [4.69, 9.17) is 5.11 Å². The summed E-state index contributed by atoms with van der Waals surface area (Å²) in [6, 6.07) is 0. The SMILES string of the molecule is C/C(=C\CO)CC/C=C(\C)CC/C=C(\C)CC/C=C(\C)CCCC(C)C. The number of aliphatic hydroxyl groups is 1. The molecule has 0 amide bonds. The van der Waals surface area contributed by atoms with Crippen LogP contribution in [0.3, 0.4) is 0 Å². The Morgan fingerprint density at radius 3 is 1.42 bits per heavy atom. The number of rotatable bonds is 14. The zero-order chi connectivity index (χ0) is 19.8. The Morgan fingerprint density at radius 1 is 0.654 bits per heavy atom. The molecular formula is C25H44O. The molecule has 0 atom stereocenters. The lowest BCUT2D eigenvalue weighted by Crippen LogP contribution is -1.88. The summed E-state index contributed by atoms with van der Waals surface area (Å²) < 4.78 is 0. The van der Waals surface area contributed by atoms with Gasteiger partial charge in [0.05, 0.1) is 6.61 Å². The Morgan fingerprint density at radius 2 is 1.04 bits per heavy atom. The smallest absolute Gasteiger partial charge is 0.0614 e. The standard InChI is InChI=1S/C25H44O/c1-21(2)11-7-12-22(3)13-8-14-23(4)15-9-16-24(5)17-10-18-25(6)19-20-26/h13,15,17,19,21,26H,7-12,14,16,18,20H2,1-6H3/b22-13+,23-15+,24-17+,25-19+. The maximum atomic E-state index is 8.86. The van der Waals surface area contributed by atoms with Gasteiger partial charge in [0.2, 0.25) is 0 Å². The Hall–Kier alpha value is -1.08. The van der Waals surface area contributed by atoms with Crippen molar-refractivity contribution < 1.29 is 5.11 Å². The molecule has 0 unspecified atom stereocenters. The molecule has 0 bridgehead atoms. The fourth-order valence-electron chi connectivity index (χ4n) is 2.99. The zero-order valence-corrected chi connectivity index (χ0v) is 18.4. The highest BCUT2D eigenvalue weighted by atomic mass is 16.2. The van der Waals surface area contributed by atoms with Crippen LogP contribution >= 0.6 is 0 Å². The topological polar surface area (TPSA) is 20.2 Å². The first kappa shape index (κ1) is 24.9. The summed E-state index contributed by atoms with van der Waals surface area (Å²) in [6.45, 7) is 13.6. The minimum atomic E-state index is 0.158. The summed E-state index contributed by atoms with van der Waals surface area (Å²) in [6.07, 6.45) is 19.8. The molecule has 0 radical (unpaired) electrons. The first-order chi connectivity index (χ1) is 12.3. The molecule has 0 spiro atoms. The van der Waals surface area contributed by atoms with Gasteiger partial charge in [-0.1, -0.05) is 66.9 Å². The molecular weight excluding hydrogens is 316 g/mol. The van der Waals surface area contributed by atoms with Gasteiger partial charge in [0, 0.05) is 0 Å². The molecule has 1 heteroatoms. The van der Waals surface area contributed by atoms with Gasteiger partial charge in [-0.05, 0) is 85.0 Å². The van der Waals surface area contributed by atoms with Gasteiger partial charge in [0.1, 0.15) is 0 Å². The van der Waals surface area contributed by atoms with E-state index in [0.29, 0.717) is 0 Å². The monoisotopic (exact) mass is 360 g/mol. The summed E-state index contributed by atoms with van der Waals surface area (Å²) in [5, 5.41) is 8.86. The van der Waals surface area contributed by atoms with Gasteiger partial charge in [0.15, 0.2) is 0 Å². The van der Waals surface area contributed by atoms with E-state index in [2.05, 4.69) is 59.8 Å². The molecule has 0 fully saturated rings. The van der Waals surface area contributed by atoms with Crippen LogP contribution in [0.15, 0.2) is 46.6 Å². The molecule has 0 rings (SSSR count). The van der Waals surface area contributed by atoms with E-state index in [1.807, 2.05) is 6.08 Å². The largest absolute Gasteiger partial charge is 0.392 e. The van der Waals surface area contributed by atoms with E-state index in [-0.39, 0.29) is 6.61 Å². The molecule has 0 heterocycles. The number of aliphatic hydroxyl groups excluding tert-OH is 1. The predicted molar refractivity (Wildman–Crippen MR) is 119 cm³/mol. The third-order valence-electron chi connectivity index (χ3n) is 4.89. The minimum absolute atomic E-state index is 0.158. The van der Waals surface area contributed by atoms with Gasteiger partial charge in [0.25, 0.3) is 0 Å². The van der Waals surface area contributed by atoms with Crippen molar-refractivity contribution in [3.05, 3.63) is 46.6 Å². The van der Waals surface area contributed by atoms with Crippen LogP contribution in [-0.4, -0.2) is 11.7 Å². The van der Waals surface area contributed by atoms with E-state index in [1.54, 1.807) is 5.57 Å². The highest BCUT2D eigenvalue weighted by Crippen LogP contribution is 2.15. The fraction of sp³-hybridized carbons (Fsp3) is 0.680. The van der Waals surface area contributed by atoms with Gasteiger partial charge in [-0.3, -0.25) is 0 Å². The Balaban J connectivity index is 3.97. The normalized spacial score (nSPS) is 14.5. The summed E-state index contributed by atoms with van der Waals surface area (Å²) in [4.78, 5) is 0. The average molecular weight is 361 g/mol. The molecule has 0 aromatic carbocycles. The van der Waals surface area contributed by atoms with Crippen LogP contribution in [0.5, 0.6) is 0 Å². The van der Waals surface area contributed by atoms with Gasteiger partial charge < -0.3 is 5.11 Å². The van der Waals surface area contributed by atoms with Crippen LogP contribution in [0.2, 0.25) is 0 Å². The fourth-order valence-corrected chi connectivity index (χ4v) is 2.99. The van der Waals surface area contributed by atoms with Crippen LogP contribution in [0.1, 0.15) is 99.3 Å². The molecule has 0 aliphatic carbocycles. The molecule has 1 nitrogen and oxygen atoms in total. The number of hydrogen-bond acceptors (Lipinski definition) is 1. The van der Waals surface area contributed by atoms with Crippen molar-refractivity contribution in [2.45, 2.75) is 99.3 Å². The van der Waals surface area contributed by atoms with E-state index < -0.39 is 0 Å². The van der Waals surface area contributed by atoms with E-state index >= 15 is 0 Å². The maximum Gasteiger partial charge on any atom is 0.0614 e. The Kier molecular flexibility index (Phi) is 15.5. The van der Waals surface area contributed by atoms with Gasteiger partial charge >= 0.3 is 0 Å². The summed E-state index contributed by atoms with van der Waals surface area (Å²) >= 11 is 0. The van der Waals surface area contributed by atoms with Crippen LogP contribution in [0.25, 0.3) is 0 Å². The molecule has 0 saturated carbocycles. The van der Waals surface area contributed by atoms with Crippen molar-refractivity contribution >= 4 is 0 Å². The van der Waals surface area contributed by atoms with Crippen molar-refractivity contribution in [1.82, 2.24) is 0 Å². The highest BCUT2D eigenvalue weighted by Gasteiger charge is 1.96. The van der Waals surface area contributed by atoms with Crippen LogP contribution < -0.4 is 0 Å². The molecule has 26 heavy (non-hydrogen) atoms. The van der Waals surface area contributed by atoms with Crippen molar-refractivity contribution in [3.8, 4) is 0 Å². The molecule has 0 aliphatic heterocycles. The Labute approximate surface area is 164 Å². The molecule has 0 aromatic heterocycles. The van der Waals surface area contributed by atoms with Crippen molar-refractivity contribution in [1.29, 1.82) is 0 Å². The van der Waals surface area contributed by atoms with Crippen LogP contribution in [0, 0.1) is 5.92 Å². The molecule has 0 saturated heterocycles. The van der Waals surface area contributed by atoms with E-state index in [0.717, 1.165) is 31.6 Å². The van der Waals surface area contributed by atoms with Crippen molar-refractivity contribution in [3.63, 3.8) is 0 Å². The van der Waals surface area contributed by atoms with E-state index in [1.165, 1.54) is 48.8 Å². The van der Waals surface area contributed by atoms with Crippen LogP contribution in [-0.2, 0) is 0 Å². The quantitative estimate of drug-likeness (QED) is 0.312. The second-order valence-corrected chi connectivity index (χ2v) is 8.29. The average Bonchev–Trinajstić information content (AvgIpc) is 2.54. The second kappa shape index (κ2) is 16.1. The van der Waals surface area contributed by atoms with Gasteiger partial charge in [-0.15, -0.1) is 0 Å². The summed E-state index contributed by atoms with van der Waals surface area (Å²) in [5.74, 6) is 0.825. The molecule has 0 aromatic rings. The second-order valence-electron chi connectivity index (χ2n) is 8.29. The first-order valence-electron chi connectivity index (χ1n) is 10.6. The minimum Gasteiger partial charge on any atom is -0.392 e. The third kappa shape index (κ3) is 16.4. The number of allylic oxidation sites excluding steroid dienone is 7. The lowest BCUT2D eigenvalue weighted by molar-refractivity contribution is 0.341. The van der Waals surface area contributed by atoms with E-state index in [9.17, 15) is 0 Å². The zero-order valence-electron chi connectivity index (χ0n) is 18.4.